The van der Waals surface area contributed by atoms with Crippen molar-refractivity contribution >= 4 is 23.6 Å². The second-order valence-corrected chi connectivity index (χ2v) is 6.43. The fourth-order valence-corrected chi connectivity index (χ4v) is 1.94. The monoisotopic (exact) mass is 300 g/mol. The highest BCUT2D eigenvalue weighted by atomic mass is 32.2. The highest BCUT2D eigenvalue weighted by molar-refractivity contribution is 7.99. The summed E-state index contributed by atoms with van der Waals surface area (Å²) in [6, 6.07) is 0. The Balaban J connectivity index is 4.12. The van der Waals surface area contributed by atoms with E-state index in [0.29, 0.717) is 5.96 Å². The summed E-state index contributed by atoms with van der Waals surface area (Å²) in [5, 5.41) is 9.21. The lowest BCUT2D eigenvalue weighted by Crippen LogP contribution is -2.43. The molecule has 0 bridgehead atoms. The molecule has 0 aromatic rings. The number of nitrogens with zero attached hydrogens (tertiary/aromatic N) is 1. The molecule has 0 saturated carbocycles. The molecule has 3 N–H and O–H groups in total. The maximum atomic E-state index is 11.7. The minimum atomic E-state index is -0.223. The van der Waals surface area contributed by atoms with Crippen LogP contribution in [0.5, 0.6) is 0 Å². The third-order valence-electron chi connectivity index (χ3n) is 2.01. The first-order chi connectivity index (χ1) is 9.39. The quantitative estimate of drug-likeness (QED) is 0.274. The number of thioether (sulfide) groups is 1. The molecule has 0 atom stereocenters. The van der Waals surface area contributed by atoms with E-state index >= 15 is 0 Å². The van der Waals surface area contributed by atoms with Crippen molar-refractivity contribution in [2.75, 3.05) is 31.1 Å². The minimum absolute atomic E-state index is 0.0734. The number of guanidine groups is 1. The Bertz CT molecular complexity index is 324. The number of hydrogen-bond acceptors (Lipinski definition) is 3. The van der Waals surface area contributed by atoms with Crippen LogP contribution >= 0.6 is 11.8 Å². The molecular weight excluding hydrogens is 272 g/mol. The van der Waals surface area contributed by atoms with E-state index in [2.05, 4.69) is 27.5 Å². The Morgan fingerprint density at radius 1 is 1.35 bits per heavy atom. The van der Waals surface area contributed by atoms with Gasteiger partial charge in [0.2, 0.25) is 5.91 Å². The zero-order chi connectivity index (χ0) is 15.4. The molecule has 0 saturated heterocycles. The van der Waals surface area contributed by atoms with E-state index in [0.717, 1.165) is 24.6 Å². The number of carbonyl (C=O) groups excluding carboxylic acids is 1. The van der Waals surface area contributed by atoms with Crippen LogP contribution in [0.15, 0.2) is 17.6 Å². The lowest BCUT2D eigenvalue weighted by atomic mass is 10.1. The minimum Gasteiger partial charge on any atom is -0.357 e. The summed E-state index contributed by atoms with van der Waals surface area (Å²) in [6.07, 6.45) is 1.89. The number of rotatable bonds is 8. The Kier molecular flexibility index (Phi) is 9.98. The van der Waals surface area contributed by atoms with Gasteiger partial charge < -0.3 is 16.0 Å². The van der Waals surface area contributed by atoms with Crippen LogP contribution in [0.3, 0.4) is 0 Å². The molecule has 0 fully saturated rings. The number of carbonyl (C=O) groups is 1. The lowest BCUT2D eigenvalue weighted by molar-refractivity contribution is -0.121. The van der Waals surface area contributed by atoms with Crippen LogP contribution < -0.4 is 16.0 Å². The van der Waals surface area contributed by atoms with E-state index in [-0.39, 0.29) is 18.0 Å². The van der Waals surface area contributed by atoms with Crippen molar-refractivity contribution in [2.24, 2.45) is 4.99 Å². The molecule has 0 aromatic carbocycles. The average molecular weight is 300 g/mol. The molecule has 5 nitrogen and oxygen atoms in total. The lowest BCUT2D eigenvalue weighted by Gasteiger charge is -2.20. The van der Waals surface area contributed by atoms with Gasteiger partial charge in [0.1, 0.15) is 6.54 Å². The van der Waals surface area contributed by atoms with Gasteiger partial charge in [-0.1, -0.05) is 6.08 Å². The molecule has 0 heterocycles. The third kappa shape index (κ3) is 11.9. The number of aliphatic imine (C=N–C) groups is 1. The van der Waals surface area contributed by atoms with Crippen LogP contribution in [0.4, 0.5) is 0 Å². The summed E-state index contributed by atoms with van der Waals surface area (Å²) in [5.74, 6) is 2.53. The van der Waals surface area contributed by atoms with Crippen molar-refractivity contribution in [1.29, 1.82) is 0 Å². The van der Waals surface area contributed by atoms with Crippen LogP contribution in [0.2, 0.25) is 0 Å². The second-order valence-electron chi connectivity index (χ2n) is 5.28. The predicted molar refractivity (Wildman–Crippen MR) is 89.4 cm³/mol. The topological polar surface area (TPSA) is 65.5 Å². The molecule has 0 rings (SSSR count). The first kappa shape index (κ1) is 18.8. The van der Waals surface area contributed by atoms with E-state index in [1.165, 1.54) is 0 Å². The summed E-state index contributed by atoms with van der Waals surface area (Å²) >= 11 is 1.80. The Morgan fingerprint density at radius 3 is 2.60 bits per heavy atom. The van der Waals surface area contributed by atoms with Crippen molar-refractivity contribution in [1.82, 2.24) is 16.0 Å². The van der Waals surface area contributed by atoms with Gasteiger partial charge in [-0.15, -0.1) is 6.58 Å². The first-order valence-electron chi connectivity index (χ1n) is 6.91. The molecule has 116 valence electrons. The normalized spacial score (nSPS) is 11.9. The van der Waals surface area contributed by atoms with Gasteiger partial charge in [0.15, 0.2) is 5.96 Å². The van der Waals surface area contributed by atoms with Crippen molar-refractivity contribution in [3.8, 4) is 0 Å². The molecule has 6 heteroatoms. The maximum absolute atomic E-state index is 11.7. The van der Waals surface area contributed by atoms with Gasteiger partial charge in [-0.05, 0) is 27.7 Å². The van der Waals surface area contributed by atoms with Crippen LogP contribution in [0.1, 0.15) is 27.7 Å². The Labute approximate surface area is 127 Å². The molecule has 0 aliphatic heterocycles. The van der Waals surface area contributed by atoms with E-state index < -0.39 is 0 Å². The van der Waals surface area contributed by atoms with E-state index in [4.69, 9.17) is 0 Å². The van der Waals surface area contributed by atoms with Gasteiger partial charge in [0, 0.05) is 30.1 Å². The highest BCUT2D eigenvalue weighted by Gasteiger charge is 2.13. The van der Waals surface area contributed by atoms with E-state index in [1.54, 1.807) is 11.8 Å². The fourth-order valence-electron chi connectivity index (χ4n) is 1.36. The number of hydrogen-bond donors (Lipinski definition) is 3. The maximum Gasteiger partial charge on any atom is 0.242 e. The average Bonchev–Trinajstić information content (AvgIpc) is 2.33. The zero-order valence-corrected chi connectivity index (χ0v) is 13.9. The van der Waals surface area contributed by atoms with Gasteiger partial charge in [-0.3, -0.25) is 4.79 Å². The second kappa shape index (κ2) is 10.6. The Morgan fingerprint density at radius 2 is 2.05 bits per heavy atom. The first-order valence-corrected chi connectivity index (χ1v) is 8.06. The summed E-state index contributed by atoms with van der Waals surface area (Å²) in [4.78, 5) is 16.0. The molecule has 1 amide bonds. The molecular formula is C14H28N4OS. The van der Waals surface area contributed by atoms with Gasteiger partial charge >= 0.3 is 0 Å². The Hall–Kier alpha value is -1.17. The summed E-state index contributed by atoms with van der Waals surface area (Å²) < 4.78 is 0. The van der Waals surface area contributed by atoms with Crippen molar-refractivity contribution in [2.45, 2.75) is 33.2 Å². The summed E-state index contributed by atoms with van der Waals surface area (Å²) in [5.41, 5.74) is -0.223. The van der Waals surface area contributed by atoms with E-state index in [9.17, 15) is 4.79 Å². The third-order valence-corrected chi connectivity index (χ3v) is 2.98. The zero-order valence-electron chi connectivity index (χ0n) is 13.1. The van der Waals surface area contributed by atoms with Crippen LogP contribution in [0.25, 0.3) is 0 Å². The molecule has 0 aromatic heterocycles. The van der Waals surface area contributed by atoms with Gasteiger partial charge in [0.25, 0.3) is 0 Å². The smallest absolute Gasteiger partial charge is 0.242 e. The number of nitrogens with one attached hydrogen (secondary N) is 3. The fraction of sp³-hybridized carbons (Fsp3) is 0.714. The van der Waals surface area contributed by atoms with Crippen molar-refractivity contribution in [3.63, 3.8) is 0 Å². The molecule has 0 spiro atoms. The SMILES string of the molecule is C=CCSCCNC(=NCC(=O)NC(C)(C)C)NCC. The predicted octanol–water partition coefficient (Wildman–Crippen LogP) is 1.38. The molecule has 0 radical (unpaired) electrons. The van der Waals surface area contributed by atoms with Crippen LogP contribution in [-0.4, -0.2) is 48.5 Å². The molecule has 0 aliphatic carbocycles. The van der Waals surface area contributed by atoms with Gasteiger partial charge in [-0.25, -0.2) is 4.99 Å². The number of amides is 1. The van der Waals surface area contributed by atoms with E-state index in [1.807, 2.05) is 33.8 Å². The standard InChI is InChI=1S/C14H28N4OS/c1-6-9-20-10-8-16-13(15-7-2)17-11-12(19)18-14(3,4)5/h6H,1,7-11H2,2-5H3,(H,18,19)(H2,15,16,17). The van der Waals surface area contributed by atoms with Crippen LogP contribution in [-0.2, 0) is 4.79 Å². The summed E-state index contributed by atoms with van der Waals surface area (Å²) in [6.45, 7) is 13.3. The van der Waals surface area contributed by atoms with Crippen LogP contribution in [0, 0.1) is 0 Å². The molecule has 0 unspecified atom stereocenters. The molecule has 0 aliphatic rings. The van der Waals surface area contributed by atoms with Crippen molar-refractivity contribution in [3.05, 3.63) is 12.7 Å². The van der Waals surface area contributed by atoms with Crippen molar-refractivity contribution < 1.29 is 4.79 Å². The van der Waals surface area contributed by atoms with Gasteiger partial charge in [0.05, 0.1) is 0 Å². The van der Waals surface area contributed by atoms with Gasteiger partial charge in [-0.2, -0.15) is 11.8 Å². The highest BCUT2D eigenvalue weighted by Crippen LogP contribution is 1.98. The summed E-state index contributed by atoms with van der Waals surface area (Å²) in [7, 11) is 0. The molecule has 20 heavy (non-hydrogen) atoms. The largest absolute Gasteiger partial charge is 0.357 e.